The van der Waals surface area contributed by atoms with Gasteiger partial charge in [-0.3, -0.25) is 44.6 Å². The lowest BCUT2D eigenvalue weighted by Gasteiger charge is -2.14. The van der Waals surface area contributed by atoms with Gasteiger partial charge in [-0.15, -0.1) is 0 Å². The summed E-state index contributed by atoms with van der Waals surface area (Å²) in [5.41, 5.74) is 16.1. The van der Waals surface area contributed by atoms with Gasteiger partial charge in [-0.25, -0.2) is 15.0 Å². The Hall–Kier alpha value is -9.69. The Morgan fingerprint density at radius 1 is 0.409 bits per heavy atom. The Labute approximate surface area is 578 Å². The molecular weight excluding hydrogens is 1440 g/mol. The number of nitrogen functional groups attached to an aromatic ring is 1. The van der Waals surface area contributed by atoms with Crippen LogP contribution in [0.25, 0.3) is 0 Å². The summed E-state index contributed by atoms with van der Waals surface area (Å²) < 4.78 is 2.05. The number of anilines is 6. The maximum atomic E-state index is 12.8. The first-order valence-electron chi connectivity index (χ1n) is 26.2. The molecule has 0 radical (unpaired) electrons. The molecule has 0 aliphatic carbocycles. The summed E-state index contributed by atoms with van der Waals surface area (Å²) >= 11 is 27.5. The molecule has 93 heavy (non-hydrogen) atoms. The second-order valence-electron chi connectivity index (χ2n) is 18.9. The van der Waals surface area contributed by atoms with E-state index in [1.807, 2.05) is 0 Å². The van der Waals surface area contributed by atoms with Crippen LogP contribution in [0.2, 0.25) is 15.1 Å². The van der Waals surface area contributed by atoms with Crippen molar-refractivity contribution in [3.05, 3.63) is 261 Å². The third kappa shape index (κ3) is 22.0. The zero-order valence-corrected chi connectivity index (χ0v) is 54.5. The number of aromatic nitrogens is 3. The smallest absolute Gasteiger partial charge is 0.258 e. The summed E-state index contributed by atoms with van der Waals surface area (Å²) in [5.74, 6) is -0.791. The molecule has 3 heterocycles. The fraction of sp³-hybridized carbons (Fsp3) is 0.0909. The van der Waals surface area contributed by atoms with E-state index in [-0.39, 0.29) is 56.6 Å². The second kappa shape index (κ2) is 35.8. The number of amides is 6. The van der Waals surface area contributed by atoms with Crippen molar-refractivity contribution in [1.82, 2.24) is 19.9 Å². The Morgan fingerprint density at radius 2 is 0.688 bits per heavy atom. The SMILES string of the molecule is C.C.C.CN(C)C(=N)c1ccc(C(=O)Nc2ccc(Br)cc2C(=O)Nc2ccc(Cl)cn2)cc1.CN=C(N)c1ccc(C(=O)Nc2ccc(Br)cc2C(=O)Nc2ccc(Cl)cn2)cc1.N=C(N)c1ccc(C(=O)Nc2ccc(Br)cc2C(=O)Nc2ccc(Cl)cn2)cc1. The summed E-state index contributed by atoms with van der Waals surface area (Å²) in [6.07, 6.45) is 4.28. The number of aliphatic imine (C=N–C) groups is 1. The fourth-order valence-corrected chi connectivity index (χ4v) is 9.10. The van der Waals surface area contributed by atoms with Crippen molar-refractivity contribution < 1.29 is 28.8 Å². The van der Waals surface area contributed by atoms with E-state index < -0.39 is 23.6 Å². The van der Waals surface area contributed by atoms with Crippen LogP contribution in [0.4, 0.5) is 34.5 Å². The van der Waals surface area contributed by atoms with E-state index in [0.717, 1.165) is 0 Å². The highest BCUT2D eigenvalue weighted by Gasteiger charge is 2.20. The topological polar surface area (TPSA) is 329 Å². The Balaban J connectivity index is 0.000000293. The average Bonchev–Trinajstić information content (AvgIpc) is 1.03. The molecule has 0 spiro atoms. The molecule has 0 atom stereocenters. The molecule has 0 aliphatic rings. The van der Waals surface area contributed by atoms with Crippen molar-refractivity contribution in [1.29, 1.82) is 10.8 Å². The first-order valence-corrected chi connectivity index (χ1v) is 29.7. The Bertz CT molecular complexity index is 4190. The molecule has 0 unspecified atom stereocenters. The van der Waals surface area contributed by atoms with E-state index in [1.54, 1.807) is 190 Å². The number of carbonyl (C=O) groups is 6. The molecule has 0 saturated heterocycles. The first kappa shape index (κ1) is 75.8. The quantitative estimate of drug-likeness (QED) is 0.0338. The molecular formula is C66H63Br3Cl3N15O6. The lowest BCUT2D eigenvalue weighted by atomic mass is 10.1. The molecule has 9 aromatic rings. The number of nitrogens with zero attached hydrogens (tertiary/aromatic N) is 5. The van der Waals surface area contributed by atoms with Gasteiger partial charge in [-0.2, -0.15) is 0 Å². The van der Waals surface area contributed by atoms with Crippen LogP contribution in [0.1, 0.15) is 101 Å². The van der Waals surface area contributed by atoms with Crippen LogP contribution in [-0.2, 0) is 0 Å². The van der Waals surface area contributed by atoms with Crippen LogP contribution in [0, 0.1) is 10.8 Å². The van der Waals surface area contributed by atoms with Gasteiger partial charge in [-0.1, -0.05) is 141 Å². The van der Waals surface area contributed by atoms with Crippen molar-refractivity contribution in [2.75, 3.05) is 53.0 Å². The van der Waals surface area contributed by atoms with E-state index in [0.29, 0.717) is 108 Å². The van der Waals surface area contributed by atoms with Gasteiger partial charge in [0.25, 0.3) is 35.4 Å². The largest absolute Gasteiger partial charge is 0.384 e. The van der Waals surface area contributed by atoms with Gasteiger partial charge in [-0.05, 0) is 127 Å². The number of nitrogens with two attached hydrogens (primary N) is 2. The highest BCUT2D eigenvalue weighted by atomic mass is 79.9. The highest BCUT2D eigenvalue weighted by Crippen LogP contribution is 2.27. The molecule has 0 fully saturated rings. The Kier molecular flexibility index (Phi) is 29.2. The minimum absolute atomic E-state index is 0. The monoisotopic (exact) mass is 1500 g/mol. The van der Waals surface area contributed by atoms with Crippen LogP contribution in [0.3, 0.4) is 0 Å². The second-order valence-corrected chi connectivity index (χ2v) is 22.9. The number of halogens is 6. The van der Waals surface area contributed by atoms with Crippen molar-refractivity contribution in [3.63, 3.8) is 0 Å². The molecule has 0 saturated carbocycles. The van der Waals surface area contributed by atoms with Crippen LogP contribution in [0.15, 0.2) is 201 Å². The number of nitrogens with one attached hydrogen (secondary N) is 8. The third-order valence-electron chi connectivity index (χ3n) is 12.3. The van der Waals surface area contributed by atoms with E-state index in [9.17, 15) is 28.8 Å². The number of benzene rings is 6. The van der Waals surface area contributed by atoms with Crippen molar-refractivity contribution in [2.24, 2.45) is 16.5 Å². The lowest BCUT2D eigenvalue weighted by Crippen LogP contribution is -2.22. The van der Waals surface area contributed by atoms with Crippen molar-refractivity contribution >= 4 is 170 Å². The van der Waals surface area contributed by atoms with Crippen LogP contribution >= 0.6 is 82.6 Å². The van der Waals surface area contributed by atoms with Gasteiger partial charge in [0.15, 0.2) is 0 Å². The normalized spacial score (nSPS) is 10.2. The van der Waals surface area contributed by atoms with Gasteiger partial charge in [0.1, 0.15) is 35.0 Å². The number of rotatable bonds is 15. The predicted octanol–water partition coefficient (Wildman–Crippen LogP) is 15.4. The van der Waals surface area contributed by atoms with Crippen LogP contribution in [-0.4, -0.2) is 93.9 Å². The minimum Gasteiger partial charge on any atom is -0.384 e. The average molecular weight is 1510 g/mol. The van der Waals surface area contributed by atoms with Gasteiger partial charge in [0.05, 0.1) is 48.8 Å². The summed E-state index contributed by atoms with van der Waals surface area (Å²) in [6.45, 7) is 0. The van der Waals surface area contributed by atoms with Gasteiger partial charge in [0.2, 0.25) is 0 Å². The molecule has 480 valence electrons. The van der Waals surface area contributed by atoms with E-state index >= 15 is 0 Å². The van der Waals surface area contributed by atoms with E-state index in [2.05, 4.69) is 99.6 Å². The minimum atomic E-state index is -0.441. The zero-order valence-electron chi connectivity index (χ0n) is 47.4. The van der Waals surface area contributed by atoms with Crippen molar-refractivity contribution in [3.8, 4) is 0 Å². The number of hydrogen-bond donors (Lipinski definition) is 10. The number of amidine groups is 3. The molecule has 3 aromatic heterocycles. The predicted molar refractivity (Wildman–Crippen MR) is 386 cm³/mol. The number of hydrogen-bond acceptors (Lipinski definition) is 12. The molecule has 0 aliphatic heterocycles. The summed E-state index contributed by atoms with van der Waals surface area (Å²) in [7, 11) is 5.15. The molecule has 6 amide bonds. The van der Waals surface area contributed by atoms with E-state index in [4.69, 9.17) is 57.1 Å². The standard InChI is InChI=1S/C22H19BrClN5O2.C21H17BrClN5O2.C20H15BrClN5O2.3CH4/c1-29(2)20(25)13-3-5-14(6-4-13)21(30)27-18-9-7-15(23)11-17(18)22(31)28-19-10-8-16(24)12-26-19;1-25-19(24)12-2-4-13(5-3-12)20(29)27-17-8-6-14(22)10-16(17)21(30)28-18-9-7-15(23)11-26-18;21-13-5-7-16(26-19(28)12-3-1-11(2-4-12)18(23)24)15(9-13)20(29)27-17-8-6-14(22)10-25-17;;;/h3-12,25H,1-2H3,(H,27,30)(H,26,28,31);2-11H,1H3,(H2,24,25)(H,27,29)(H,26,28,30);1-10H,(H3,23,24)(H,26,28)(H,25,27,29);3*1H4. The fourth-order valence-electron chi connectivity index (χ4n) is 7.68. The molecule has 6 aromatic carbocycles. The number of pyridine rings is 3. The summed E-state index contributed by atoms with van der Waals surface area (Å²) in [4.78, 5) is 94.0. The summed E-state index contributed by atoms with van der Waals surface area (Å²) in [5, 5.41) is 33.1. The molecule has 9 rings (SSSR count). The Morgan fingerprint density at radius 3 is 0.946 bits per heavy atom. The summed E-state index contributed by atoms with van der Waals surface area (Å²) in [6, 6.07) is 44.2. The van der Waals surface area contributed by atoms with Crippen LogP contribution in [0.5, 0.6) is 0 Å². The lowest BCUT2D eigenvalue weighted by molar-refractivity contribution is 0.101. The van der Waals surface area contributed by atoms with Gasteiger partial charge < -0.3 is 48.3 Å². The van der Waals surface area contributed by atoms with Crippen LogP contribution < -0.4 is 43.4 Å². The molecule has 0 bridgehead atoms. The third-order valence-corrected chi connectivity index (χ3v) is 14.5. The maximum absolute atomic E-state index is 12.8. The molecule has 27 heteroatoms. The number of carbonyl (C=O) groups excluding carboxylic acids is 6. The first-order chi connectivity index (χ1) is 42.9. The zero-order chi connectivity index (χ0) is 65.2. The van der Waals surface area contributed by atoms with Crippen molar-refractivity contribution in [2.45, 2.75) is 22.3 Å². The van der Waals surface area contributed by atoms with E-state index in [1.165, 1.54) is 18.6 Å². The molecule has 21 nitrogen and oxygen atoms in total. The van der Waals surface area contributed by atoms with Gasteiger partial charge in [0, 0.05) is 86.5 Å². The van der Waals surface area contributed by atoms with Gasteiger partial charge >= 0.3 is 0 Å². The highest BCUT2D eigenvalue weighted by molar-refractivity contribution is 9.11. The molecule has 12 N–H and O–H groups in total. The maximum Gasteiger partial charge on any atom is 0.258 e.